The third-order valence-corrected chi connectivity index (χ3v) is 5.49. The minimum absolute atomic E-state index is 0.139. The predicted molar refractivity (Wildman–Crippen MR) is 99.2 cm³/mol. The predicted octanol–water partition coefficient (Wildman–Crippen LogP) is 3.08. The topological polar surface area (TPSA) is 42.0 Å². The number of piperazine rings is 1. The van der Waals surface area contributed by atoms with Crippen molar-refractivity contribution in [2.75, 3.05) is 38.3 Å². The highest BCUT2D eigenvalue weighted by Gasteiger charge is 2.44. The van der Waals surface area contributed by atoms with Gasteiger partial charge in [-0.1, -0.05) is 12.1 Å². The normalized spacial score (nSPS) is 26.4. The number of para-hydroxylation sites is 2. The average Bonchev–Trinajstić information content (AvgIpc) is 2.61. The van der Waals surface area contributed by atoms with Crippen LogP contribution in [0.4, 0.5) is 5.69 Å². The monoisotopic (exact) mass is 346 g/mol. The van der Waals surface area contributed by atoms with Crippen molar-refractivity contribution in [3.63, 3.8) is 0 Å². The fraction of sp³-hybridized carbons (Fsp3) is 0.650. The number of carbonyl (C=O) groups excluding carboxylic acids is 1. The zero-order valence-electron chi connectivity index (χ0n) is 15.9. The van der Waals surface area contributed by atoms with Crippen molar-refractivity contribution in [1.29, 1.82) is 0 Å². The lowest BCUT2D eigenvalue weighted by Crippen LogP contribution is -2.64. The second kappa shape index (κ2) is 6.87. The molecule has 0 saturated carbocycles. The molecular weight excluding hydrogens is 316 g/mol. The molecule has 0 bridgehead atoms. The molecule has 1 aromatic carbocycles. The minimum atomic E-state index is -0.652. The van der Waals surface area contributed by atoms with E-state index in [1.165, 1.54) is 0 Å². The summed E-state index contributed by atoms with van der Waals surface area (Å²) in [7, 11) is 1.70. The lowest BCUT2D eigenvalue weighted by atomic mass is 9.91. The van der Waals surface area contributed by atoms with Gasteiger partial charge in [-0.25, -0.2) is 0 Å². The summed E-state index contributed by atoms with van der Waals surface area (Å²) in [4.78, 5) is 17.4. The van der Waals surface area contributed by atoms with Crippen LogP contribution in [0.25, 0.3) is 0 Å². The maximum atomic E-state index is 13.1. The standard InChI is InChI=1S/C20H30N2O3/c1-19(2)15-21(18(23)20(3)11-7-8-14-25-20)12-13-22(19)16-9-5-6-10-17(16)24-4/h5-6,9-10H,7-8,11-15H2,1-4H3. The molecule has 0 N–H and O–H groups in total. The van der Waals surface area contributed by atoms with Crippen molar-refractivity contribution >= 4 is 11.6 Å². The van der Waals surface area contributed by atoms with Crippen molar-refractivity contribution in [3.05, 3.63) is 24.3 Å². The molecule has 2 heterocycles. The van der Waals surface area contributed by atoms with Crippen molar-refractivity contribution in [2.45, 2.75) is 51.2 Å². The molecule has 1 atom stereocenters. The molecule has 25 heavy (non-hydrogen) atoms. The fourth-order valence-corrected chi connectivity index (χ4v) is 4.06. The molecule has 2 aliphatic heterocycles. The molecule has 0 aliphatic carbocycles. The molecular formula is C20H30N2O3. The van der Waals surface area contributed by atoms with E-state index in [1.807, 2.05) is 30.0 Å². The van der Waals surface area contributed by atoms with Gasteiger partial charge in [0.05, 0.1) is 18.3 Å². The molecule has 5 heteroatoms. The van der Waals surface area contributed by atoms with Crippen molar-refractivity contribution in [3.8, 4) is 5.75 Å². The van der Waals surface area contributed by atoms with Gasteiger partial charge in [-0.3, -0.25) is 4.79 Å². The SMILES string of the molecule is COc1ccccc1N1CCN(C(=O)C2(C)CCCCO2)CC1(C)C. The highest BCUT2D eigenvalue weighted by molar-refractivity contribution is 5.85. The van der Waals surface area contributed by atoms with E-state index >= 15 is 0 Å². The maximum absolute atomic E-state index is 13.1. The van der Waals surface area contributed by atoms with E-state index in [2.05, 4.69) is 24.8 Å². The van der Waals surface area contributed by atoms with E-state index in [0.717, 1.165) is 37.2 Å². The van der Waals surface area contributed by atoms with Crippen LogP contribution in [0, 0.1) is 0 Å². The van der Waals surface area contributed by atoms with Crippen molar-refractivity contribution in [1.82, 2.24) is 4.90 Å². The third-order valence-electron chi connectivity index (χ3n) is 5.49. The molecule has 0 spiro atoms. The van der Waals surface area contributed by atoms with Gasteiger partial charge in [0.15, 0.2) is 0 Å². The van der Waals surface area contributed by atoms with Crippen LogP contribution >= 0.6 is 0 Å². The van der Waals surface area contributed by atoms with Crippen LogP contribution in [0.5, 0.6) is 5.75 Å². The number of carbonyl (C=O) groups is 1. The Morgan fingerprint density at radius 1 is 1.16 bits per heavy atom. The van der Waals surface area contributed by atoms with E-state index in [9.17, 15) is 4.79 Å². The van der Waals surface area contributed by atoms with Crippen LogP contribution in [-0.4, -0.2) is 55.3 Å². The Morgan fingerprint density at radius 2 is 1.92 bits per heavy atom. The van der Waals surface area contributed by atoms with Gasteiger partial charge in [-0.15, -0.1) is 0 Å². The third kappa shape index (κ3) is 3.47. The number of benzene rings is 1. The van der Waals surface area contributed by atoms with Gasteiger partial charge in [0.25, 0.3) is 5.91 Å². The van der Waals surface area contributed by atoms with Gasteiger partial charge in [0.2, 0.25) is 0 Å². The Balaban J connectivity index is 1.77. The van der Waals surface area contributed by atoms with Crippen LogP contribution in [0.15, 0.2) is 24.3 Å². The van der Waals surface area contributed by atoms with Crippen LogP contribution in [0.1, 0.15) is 40.0 Å². The molecule has 1 amide bonds. The average molecular weight is 346 g/mol. The van der Waals surface area contributed by atoms with Gasteiger partial charge in [-0.05, 0) is 52.2 Å². The number of methoxy groups -OCH3 is 1. The van der Waals surface area contributed by atoms with Gasteiger partial charge in [0, 0.05) is 26.2 Å². The van der Waals surface area contributed by atoms with Gasteiger partial charge in [0.1, 0.15) is 11.4 Å². The summed E-state index contributed by atoms with van der Waals surface area (Å²) in [5, 5.41) is 0. The molecule has 2 aliphatic rings. The molecule has 2 fully saturated rings. The highest BCUT2D eigenvalue weighted by Crippen LogP contribution is 2.36. The van der Waals surface area contributed by atoms with Crippen LogP contribution in [-0.2, 0) is 9.53 Å². The van der Waals surface area contributed by atoms with E-state index in [-0.39, 0.29) is 11.4 Å². The molecule has 2 saturated heterocycles. The first-order valence-electron chi connectivity index (χ1n) is 9.21. The lowest BCUT2D eigenvalue weighted by Gasteiger charge is -2.50. The Hall–Kier alpha value is -1.75. The van der Waals surface area contributed by atoms with E-state index in [0.29, 0.717) is 19.7 Å². The summed E-state index contributed by atoms with van der Waals surface area (Å²) in [5.41, 5.74) is 0.261. The van der Waals surface area contributed by atoms with Crippen molar-refractivity contribution < 1.29 is 14.3 Å². The van der Waals surface area contributed by atoms with Gasteiger partial charge in [-0.2, -0.15) is 0 Å². The first kappa shape index (κ1) is 18.1. The molecule has 138 valence electrons. The Morgan fingerprint density at radius 3 is 2.56 bits per heavy atom. The zero-order valence-corrected chi connectivity index (χ0v) is 15.9. The Kier molecular flexibility index (Phi) is 4.96. The minimum Gasteiger partial charge on any atom is -0.495 e. The smallest absolute Gasteiger partial charge is 0.254 e. The number of anilines is 1. The number of hydrogen-bond acceptors (Lipinski definition) is 4. The first-order chi connectivity index (χ1) is 11.9. The summed E-state index contributed by atoms with van der Waals surface area (Å²) in [5.74, 6) is 1.01. The summed E-state index contributed by atoms with van der Waals surface area (Å²) < 4.78 is 11.4. The number of amides is 1. The maximum Gasteiger partial charge on any atom is 0.254 e. The summed E-state index contributed by atoms with van der Waals surface area (Å²) in [6.45, 7) is 9.18. The molecule has 3 rings (SSSR count). The van der Waals surface area contributed by atoms with Crippen LogP contribution in [0.3, 0.4) is 0 Å². The fourth-order valence-electron chi connectivity index (χ4n) is 4.06. The van der Waals surface area contributed by atoms with E-state index in [1.54, 1.807) is 7.11 Å². The van der Waals surface area contributed by atoms with Gasteiger partial charge >= 0.3 is 0 Å². The molecule has 5 nitrogen and oxygen atoms in total. The molecule has 0 radical (unpaired) electrons. The second-order valence-corrected chi connectivity index (χ2v) is 7.90. The van der Waals surface area contributed by atoms with Crippen molar-refractivity contribution in [2.24, 2.45) is 0 Å². The number of ether oxygens (including phenoxy) is 2. The molecule has 1 aromatic rings. The Bertz CT molecular complexity index is 623. The molecule has 0 aromatic heterocycles. The highest BCUT2D eigenvalue weighted by atomic mass is 16.5. The quantitative estimate of drug-likeness (QED) is 0.843. The summed E-state index contributed by atoms with van der Waals surface area (Å²) in [6, 6.07) is 8.09. The number of rotatable bonds is 3. The molecule has 1 unspecified atom stereocenters. The number of hydrogen-bond donors (Lipinski definition) is 0. The lowest BCUT2D eigenvalue weighted by molar-refractivity contribution is -0.163. The summed E-state index contributed by atoms with van der Waals surface area (Å²) in [6.07, 6.45) is 2.93. The zero-order chi connectivity index (χ0) is 18.1. The van der Waals surface area contributed by atoms with Gasteiger partial charge < -0.3 is 19.3 Å². The van der Waals surface area contributed by atoms with E-state index < -0.39 is 5.60 Å². The van der Waals surface area contributed by atoms with Crippen LogP contribution in [0.2, 0.25) is 0 Å². The number of nitrogens with zero attached hydrogens (tertiary/aromatic N) is 2. The second-order valence-electron chi connectivity index (χ2n) is 7.90. The largest absolute Gasteiger partial charge is 0.495 e. The summed E-state index contributed by atoms with van der Waals surface area (Å²) >= 11 is 0. The Labute approximate surface area is 150 Å². The van der Waals surface area contributed by atoms with Crippen LogP contribution < -0.4 is 9.64 Å². The first-order valence-corrected chi connectivity index (χ1v) is 9.21. The van der Waals surface area contributed by atoms with E-state index in [4.69, 9.17) is 9.47 Å².